The van der Waals surface area contributed by atoms with E-state index < -0.39 is 125 Å². The summed E-state index contributed by atoms with van der Waals surface area (Å²) in [7, 11) is 5.67. The van der Waals surface area contributed by atoms with Gasteiger partial charge in [-0.3, -0.25) is 38.4 Å². The maximum absolute atomic E-state index is 15.2. The molecular formula is C58H87IN8O11. The van der Waals surface area contributed by atoms with E-state index in [0.717, 1.165) is 14.0 Å². The van der Waals surface area contributed by atoms with Crippen LogP contribution in [0.3, 0.4) is 0 Å². The number of rotatable bonds is 13. The number of likely N-dealkylation sites (N-methyl/N-ethyl adjacent to an activating group) is 4. The number of cyclic esters (lactones) is 1. The number of aliphatic hydroxyl groups is 1. The lowest BCUT2D eigenvalue weighted by Crippen LogP contribution is -2.62. The number of fused-ring (bicyclic) bond motifs is 2. The van der Waals surface area contributed by atoms with Crippen LogP contribution in [-0.2, 0) is 60.7 Å². The van der Waals surface area contributed by atoms with Crippen molar-refractivity contribution in [3.8, 4) is 0 Å². The number of hydrogen-bond donors (Lipinski definition) is 4. The van der Waals surface area contributed by atoms with Crippen LogP contribution in [0.5, 0.6) is 0 Å². The third-order valence-electron chi connectivity index (χ3n) is 15.5. The monoisotopic (exact) mass is 1200 g/mol. The molecule has 2 saturated heterocycles. The topological polar surface area (TPSA) is 235 Å². The fraction of sp³-hybridized carbons (Fsp3) is 0.638. The molecule has 4 rings (SSSR count). The molecule has 4 N–H and O–H groups in total. The van der Waals surface area contributed by atoms with Crippen molar-refractivity contribution >= 4 is 75.8 Å². The summed E-state index contributed by atoms with van der Waals surface area (Å²) in [5.41, 5.74) is -0.481. The van der Waals surface area contributed by atoms with Gasteiger partial charge >= 0.3 is 5.97 Å². The first-order valence-corrected chi connectivity index (χ1v) is 28.6. The molecule has 11 atom stereocenters. The number of esters is 1. The number of amides is 8. The smallest absolute Gasteiger partial charge is 0.332 e. The minimum atomic E-state index is -1.96. The number of halogens is 1. The van der Waals surface area contributed by atoms with Gasteiger partial charge in [-0.05, 0) is 104 Å². The summed E-state index contributed by atoms with van der Waals surface area (Å²) in [5.74, 6) is -7.90. The Morgan fingerprint density at radius 3 is 1.83 bits per heavy atom. The quantitative estimate of drug-likeness (QED) is 0.163. The molecule has 78 heavy (non-hydrogen) atoms. The van der Waals surface area contributed by atoms with Crippen LogP contribution in [0.2, 0.25) is 0 Å². The number of carbonyl (C=O) groups excluding carboxylic acids is 9. The Labute approximate surface area is 475 Å². The molecule has 0 aliphatic carbocycles. The highest BCUT2D eigenvalue weighted by Gasteiger charge is 2.47. The third kappa shape index (κ3) is 16.7. The van der Waals surface area contributed by atoms with Crippen molar-refractivity contribution in [1.82, 2.24) is 40.4 Å². The van der Waals surface area contributed by atoms with E-state index in [-0.39, 0.29) is 51.1 Å². The molecule has 0 spiro atoms. The molecule has 0 saturated carbocycles. The first kappa shape index (κ1) is 64.9. The summed E-state index contributed by atoms with van der Waals surface area (Å²) in [6.07, 6.45) is 0.364. The van der Waals surface area contributed by atoms with Gasteiger partial charge in [-0.15, -0.1) is 0 Å². The molecule has 2 heterocycles. The summed E-state index contributed by atoms with van der Waals surface area (Å²) in [5, 5.41) is 20.3. The van der Waals surface area contributed by atoms with Crippen LogP contribution in [0.25, 0.3) is 0 Å². The molecule has 19 nitrogen and oxygen atoms in total. The highest BCUT2D eigenvalue weighted by molar-refractivity contribution is 14.1. The Morgan fingerprint density at radius 2 is 1.26 bits per heavy atom. The van der Waals surface area contributed by atoms with E-state index in [4.69, 9.17) is 4.74 Å². The van der Waals surface area contributed by atoms with E-state index in [1.807, 2.05) is 77.1 Å². The van der Waals surface area contributed by atoms with Crippen molar-refractivity contribution in [2.45, 2.75) is 175 Å². The Bertz CT molecular complexity index is 2440. The van der Waals surface area contributed by atoms with Crippen LogP contribution in [0.1, 0.15) is 119 Å². The Kier molecular flexibility index (Phi) is 24.1. The van der Waals surface area contributed by atoms with Crippen molar-refractivity contribution in [2.24, 2.45) is 23.7 Å². The molecule has 20 heteroatoms. The lowest BCUT2D eigenvalue weighted by molar-refractivity contribution is -0.177. The van der Waals surface area contributed by atoms with Crippen molar-refractivity contribution in [3.05, 3.63) is 69.3 Å². The highest BCUT2D eigenvalue weighted by atomic mass is 127. The fourth-order valence-electron chi connectivity index (χ4n) is 10.1. The van der Waals surface area contributed by atoms with Crippen molar-refractivity contribution < 1.29 is 53.0 Å². The Balaban J connectivity index is 1.91. The standard InChI is InChI=1S/C58H87IN8O11/c1-15-22-44-51(70)61-43(31-38-23-19-18-20-24-38)52(71)65(13)45(32-39-25-21-26-41(59)30-39)54(73)67-28-27-40(33-67)50(69)62-46(35(6)16-2)55(74)63(11)37(8)49(68)60-42(29-34(4)5)53(72)66(14)48(58(9,10)77)57(76)78-47(36(7)17-3)56(75)64(44)12/h18-21,23-26,30,34-37,40,42-48,77H,15-17,22,27-29,31-33H2,1-14H3,(H,60,68)(H,61,70)(H,62,69)/t35?,36?,37-,40?,42?,43?,44-,45-,46?,47+,48?/m0/s1. The maximum Gasteiger partial charge on any atom is 0.332 e. The molecular weight excluding hydrogens is 1110 g/mol. The maximum atomic E-state index is 15.2. The van der Waals surface area contributed by atoms with Gasteiger partial charge in [-0.1, -0.05) is 104 Å². The lowest BCUT2D eigenvalue weighted by atomic mass is 9.94. The summed E-state index contributed by atoms with van der Waals surface area (Å²) < 4.78 is 6.98. The van der Waals surface area contributed by atoms with Gasteiger partial charge in [0.15, 0.2) is 12.1 Å². The largest absolute Gasteiger partial charge is 0.450 e. The second-order valence-corrected chi connectivity index (χ2v) is 23.8. The average Bonchev–Trinajstić information content (AvgIpc) is 3.93. The number of nitrogens with one attached hydrogen (secondary N) is 3. The number of ether oxygens (including phenoxy) is 1. The molecule has 2 aromatic carbocycles. The van der Waals surface area contributed by atoms with Crippen LogP contribution in [0.4, 0.5) is 0 Å². The van der Waals surface area contributed by atoms with Gasteiger partial charge in [0.25, 0.3) is 5.91 Å². The van der Waals surface area contributed by atoms with Gasteiger partial charge in [0.2, 0.25) is 41.4 Å². The first-order chi connectivity index (χ1) is 36.6. The molecule has 8 amide bonds. The van der Waals surface area contributed by atoms with Gasteiger partial charge in [0, 0.05) is 63.6 Å². The van der Waals surface area contributed by atoms with Gasteiger partial charge < -0.3 is 50.3 Å². The van der Waals surface area contributed by atoms with Crippen LogP contribution < -0.4 is 16.0 Å². The fourth-order valence-corrected chi connectivity index (χ4v) is 10.7. The zero-order valence-electron chi connectivity index (χ0n) is 48.3. The van der Waals surface area contributed by atoms with E-state index in [0.29, 0.717) is 24.8 Å². The average molecular weight is 1200 g/mol. The van der Waals surface area contributed by atoms with E-state index in [9.17, 15) is 38.7 Å². The summed E-state index contributed by atoms with van der Waals surface area (Å²) in [6, 6.07) is 7.90. The Hall–Kier alpha value is -5.64. The Morgan fingerprint density at radius 1 is 0.667 bits per heavy atom. The third-order valence-corrected chi connectivity index (χ3v) is 16.2. The molecule has 0 aromatic heterocycles. The van der Waals surface area contributed by atoms with E-state index in [2.05, 4.69) is 38.5 Å². The number of hydrogen-bond acceptors (Lipinski definition) is 11. The van der Waals surface area contributed by atoms with Gasteiger partial charge in [0.1, 0.15) is 36.3 Å². The van der Waals surface area contributed by atoms with Crippen LogP contribution in [0.15, 0.2) is 54.6 Å². The number of nitrogens with zero attached hydrogens (tertiary/aromatic N) is 5. The zero-order valence-corrected chi connectivity index (χ0v) is 50.5. The van der Waals surface area contributed by atoms with Crippen molar-refractivity contribution in [2.75, 3.05) is 41.3 Å². The second kappa shape index (κ2) is 29.0. The zero-order chi connectivity index (χ0) is 58.5. The van der Waals surface area contributed by atoms with Gasteiger partial charge in [0.05, 0.1) is 11.5 Å². The molecule has 2 aromatic rings. The van der Waals surface area contributed by atoms with Gasteiger partial charge in [-0.25, -0.2) is 4.79 Å². The number of carbonyl (C=O) groups is 9. The lowest BCUT2D eigenvalue weighted by Gasteiger charge is -2.39. The second-order valence-electron chi connectivity index (χ2n) is 22.5. The first-order valence-electron chi connectivity index (χ1n) is 27.6. The molecule has 2 fully saturated rings. The van der Waals surface area contributed by atoms with Crippen molar-refractivity contribution in [3.63, 3.8) is 0 Å². The molecule has 432 valence electrons. The molecule has 7 unspecified atom stereocenters. The van der Waals surface area contributed by atoms with E-state index >= 15 is 9.59 Å². The van der Waals surface area contributed by atoms with Crippen LogP contribution in [0, 0.1) is 27.2 Å². The molecule has 0 radical (unpaired) electrons. The number of benzene rings is 2. The summed E-state index contributed by atoms with van der Waals surface area (Å²) in [4.78, 5) is 138. The summed E-state index contributed by atoms with van der Waals surface area (Å²) in [6.45, 7) is 17.0. The van der Waals surface area contributed by atoms with E-state index in [1.165, 1.54) is 63.7 Å². The SMILES string of the molecule is CCC[C@H]1C(=O)NC(Cc2ccccc2)C(=O)N(C)[C@@H](Cc2cccc(I)c2)C(=O)N2CCC(C2)C(=O)NC(C(C)CC)C(=O)N(C)[C@@H](C)C(=O)NC(CC(C)C)C(=O)N(C)C(C(C)(C)O)C(=O)O[C@H](C(C)CC)C(=O)N1C. The van der Waals surface area contributed by atoms with Gasteiger partial charge in [-0.2, -0.15) is 0 Å². The van der Waals surface area contributed by atoms with Crippen LogP contribution >= 0.6 is 22.6 Å². The van der Waals surface area contributed by atoms with E-state index in [1.54, 1.807) is 30.9 Å². The highest BCUT2D eigenvalue weighted by Crippen LogP contribution is 2.26. The van der Waals surface area contributed by atoms with Crippen molar-refractivity contribution in [1.29, 1.82) is 0 Å². The molecule has 2 aliphatic rings. The predicted octanol–water partition coefficient (Wildman–Crippen LogP) is 4.34. The van der Waals surface area contributed by atoms with Crippen LogP contribution in [-0.4, -0.2) is 178 Å². The minimum Gasteiger partial charge on any atom is -0.450 e. The normalized spacial score (nSPS) is 26.6. The predicted molar refractivity (Wildman–Crippen MR) is 305 cm³/mol. The summed E-state index contributed by atoms with van der Waals surface area (Å²) >= 11 is 2.18. The minimum absolute atomic E-state index is 0.00415. The molecule has 2 aliphatic heterocycles. The molecule has 2 bridgehead atoms.